The summed E-state index contributed by atoms with van der Waals surface area (Å²) in [7, 11) is -3.67. The molecule has 0 aromatic heterocycles. The third-order valence-corrected chi connectivity index (χ3v) is 7.36. The maximum atomic E-state index is 12.4. The molecule has 176 valence electrons. The number of hydrogen-bond donors (Lipinski definition) is 1. The first-order chi connectivity index (χ1) is 15.9. The Bertz CT molecular complexity index is 1050. The van der Waals surface area contributed by atoms with Gasteiger partial charge in [0.05, 0.1) is 5.75 Å². The van der Waals surface area contributed by atoms with Crippen molar-refractivity contribution in [1.29, 1.82) is 0 Å². The fraction of sp³-hybridized carbons (Fsp3) is 0.417. The maximum Gasteiger partial charge on any atom is 0.234 e. The van der Waals surface area contributed by atoms with Gasteiger partial charge in [0.15, 0.2) is 0 Å². The van der Waals surface area contributed by atoms with Crippen molar-refractivity contribution in [3.63, 3.8) is 0 Å². The minimum absolute atomic E-state index is 0.111. The van der Waals surface area contributed by atoms with Gasteiger partial charge in [-0.1, -0.05) is 30.3 Å². The van der Waals surface area contributed by atoms with Gasteiger partial charge in [0, 0.05) is 63.5 Å². The highest BCUT2D eigenvalue weighted by atomic mass is 32.2. The molecule has 2 fully saturated rings. The van der Waals surface area contributed by atoms with E-state index in [0.29, 0.717) is 24.9 Å². The Labute approximate surface area is 195 Å². The number of piperazine rings is 1. The quantitative estimate of drug-likeness (QED) is 0.596. The highest BCUT2D eigenvalue weighted by molar-refractivity contribution is 7.92. The monoisotopic (exact) mass is 470 g/mol. The van der Waals surface area contributed by atoms with E-state index in [0.717, 1.165) is 43.2 Å². The van der Waals surface area contributed by atoms with Crippen molar-refractivity contribution in [1.82, 2.24) is 9.80 Å². The Morgan fingerprint density at radius 2 is 1.45 bits per heavy atom. The number of amides is 2. The Morgan fingerprint density at radius 1 is 0.818 bits per heavy atom. The van der Waals surface area contributed by atoms with E-state index in [-0.39, 0.29) is 24.1 Å². The van der Waals surface area contributed by atoms with E-state index in [1.54, 1.807) is 12.1 Å². The van der Waals surface area contributed by atoms with Crippen LogP contribution in [0.25, 0.3) is 0 Å². The molecule has 2 heterocycles. The average Bonchev–Trinajstić information content (AvgIpc) is 2.81. The number of benzene rings is 2. The summed E-state index contributed by atoms with van der Waals surface area (Å²) in [5.74, 6) is -0.899. The SMILES string of the molecule is O=C1CCCC(=O)N1CCS(=O)(=O)Nc1ccc(CN2CCN(c3ccccc3)CC2)cc1. The van der Waals surface area contributed by atoms with Gasteiger partial charge in [0.1, 0.15) is 0 Å². The zero-order chi connectivity index (χ0) is 23.3. The molecule has 2 saturated heterocycles. The van der Waals surface area contributed by atoms with E-state index in [2.05, 4.69) is 38.8 Å². The van der Waals surface area contributed by atoms with Gasteiger partial charge in [-0.05, 0) is 36.2 Å². The molecule has 0 spiro atoms. The molecule has 0 radical (unpaired) electrons. The number of sulfonamides is 1. The Balaban J connectivity index is 1.25. The van der Waals surface area contributed by atoms with E-state index in [4.69, 9.17) is 0 Å². The van der Waals surface area contributed by atoms with Gasteiger partial charge in [0.2, 0.25) is 21.8 Å². The molecule has 2 amide bonds. The minimum atomic E-state index is -3.67. The van der Waals surface area contributed by atoms with Crippen molar-refractivity contribution in [3.8, 4) is 0 Å². The molecule has 2 aliphatic rings. The number of carbonyl (C=O) groups is 2. The molecule has 0 aliphatic carbocycles. The number of rotatable bonds is 8. The summed E-state index contributed by atoms with van der Waals surface area (Å²) in [5.41, 5.74) is 2.85. The van der Waals surface area contributed by atoms with E-state index in [1.165, 1.54) is 5.69 Å². The van der Waals surface area contributed by atoms with Crippen molar-refractivity contribution in [2.24, 2.45) is 0 Å². The van der Waals surface area contributed by atoms with E-state index in [1.807, 2.05) is 18.2 Å². The highest BCUT2D eigenvalue weighted by Crippen LogP contribution is 2.18. The van der Waals surface area contributed by atoms with E-state index >= 15 is 0 Å². The van der Waals surface area contributed by atoms with Crippen molar-refractivity contribution in [3.05, 3.63) is 60.2 Å². The normalized spacial score (nSPS) is 17.9. The summed E-state index contributed by atoms with van der Waals surface area (Å²) in [5, 5.41) is 0. The van der Waals surface area contributed by atoms with Crippen LogP contribution in [0, 0.1) is 0 Å². The number of para-hydroxylation sites is 1. The highest BCUT2D eigenvalue weighted by Gasteiger charge is 2.27. The van der Waals surface area contributed by atoms with Gasteiger partial charge in [-0.3, -0.25) is 24.1 Å². The van der Waals surface area contributed by atoms with Crippen LogP contribution in [-0.4, -0.2) is 68.5 Å². The van der Waals surface area contributed by atoms with E-state index < -0.39 is 10.0 Å². The van der Waals surface area contributed by atoms with Gasteiger partial charge in [-0.25, -0.2) is 8.42 Å². The Morgan fingerprint density at radius 3 is 2.09 bits per heavy atom. The fourth-order valence-electron chi connectivity index (χ4n) is 4.23. The minimum Gasteiger partial charge on any atom is -0.369 e. The molecule has 33 heavy (non-hydrogen) atoms. The summed E-state index contributed by atoms with van der Waals surface area (Å²) in [4.78, 5) is 29.6. The van der Waals surface area contributed by atoms with Crippen LogP contribution in [0.4, 0.5) is 11.4 Å². The Kier molecular flexibility index (Phi) is 7.29. The second kappa shape index (κ2) is 10.4. The van der Waals surface area contributed by atoms with Crippen molar-refractivity contribution in [2.75, 3.05) is 48.1 Å². The van der Waals surface area contributed by atoms with Gasteiger partial charge in [-0.2, -0.15) is 0 Å². The van der Waals surface area contributed by atoms with Crippen LogP contribution in [0.2, 0.25) is 0 Å². The zero-order valence-corrected chi connectivity index (χ0v) is 19.5. The number of nitrogens with zero attached hydrogens (tertiary/aromatic N) is 3. The van der Waals surface area contributed by atoms with Crippen molar-refractivity contribution < 1.29 is 18.0 Å². The molecule has 0 bridgehead atoms. The molecule has 4 rings (SSSR count). The van der Waals surface area contributed by atoms with Gasteiger partial charge in [-0.15, -0.1) is 0 Å². The lowest BCUT2D eigenvalue weighted by Crippen LogP contribution is -2.45. The summed E-state index contributed by atoms with van der Waals surface area (Å²) in [6, 6.07) is 17.8. The number of piperidine rings is 1. The smallest absolute Gasteiger partial charge is 0.234 e. The summed E-state index contributed by atoms with van der Waals surface area (Å²) in [6.07, 6.45) is 1.12. The van der Waals surface area contributed by atoms with Crippen LogP contribution >= 0.6 is 0 Å². The lowest BCUT2D eigenvalue weighted by Gasteiger charge is -2.36. The Hall–Kier alpha value is -2.91. The van der Waals surface area contributed by atoms with Crippen molar-refractivity contribution >= 4 is 33.2 Å². The predicted octanol–water partition coefficient (Wildman–Crippen LogP) is 2.29. The molecular formula is C24H30N4O4S. The average molecular weight is 471 g/mol. The first kappa shape index (κ1) is 23.3. The third-order valence-electron chi connectivity index (χ3n) is 6.09. The predicted molar refractivity (Wildman–Crippen MR) is 128 cm³/mol. The van der Waals surface area contributed by atoms with Crippen LogP contribution in [0.3, 0.4) is 0 Å². The number of carbonyl (C=O) groups excluding carboxylic acids is 2. The second-order valence-corrected chi connectivity index (χ2v) is 10.4. The van der Waals surface area contributed by atoms with Crippen LogP contribution in [0.1, 0.15) is 24.8 Å². The summed E-state index contributed by atoms with van der Waals surface area (Å²) < 4.78 is 27.4. The van der Waals surface area contributed by atoms with Crippen molar-refractivity contribution in [2.45, 2.75) is 25.8 Å². The lowest BCUT2D eigenvalue weighted by atomic mass is 10.1. The number of likely N-dealkylation sites (tertiary alicyclic amines) is 1. The lowest BCUT2D eigenvalue weighted by molar-refractivity contribution is -0.147. The maximum absolute atomic E-state index is 12.4. The standard InChI is InChI=1S/C24H30N4O4S/c29-23-7-4-8-24(30)28(23)17-18-33(31,32)25-21-11-9-20(10-12-21)19-26-13-15-27(16-14-26)22-5-2-1-3-6-22/h1-3,5-6,9-12,25H,4,7-8,13-19H2. The molecule has 0 saturated carbocycles. The number of anilines is 2. The first-order valence-electron chi connectivity index (χ1n) is 11.3. The molecule has 2 aromatic rings. The van der Waals surface area contributed by atoms with E-state index in [9.17, 15) is 18.0 Å². The topological polar surface area (TPSA) is 90.0 Å². The van der Waals surface area contributed by atoms with Gasteiger partial charge in [0.25, 0.3) is 0 Å². The summed E-state index contributed by atoms with van der Waals surface area (Å²) >= 11 is 0. The largest absolute Gasteiger partial charge is 0.369 e. The van der Waals surface area contributed by atoms with Gasteiger partial charge < -0.3 is 4.90 Å². The second-order valence-electron chi connectivity index (χ2n) is 8.51. The number of imide groups is 1. The van der Waals surface area contributed by atoms with Crippen LogP contribution in [0.5, 0.6) is 0 Å². The van der Waals surface area contributed by atoms with Crippen LogP contribution in [0.15, 0.2) is 54.6 Å². The summed E-state index contributed by atoms with van der Waals surface area (Å²) in [6.45, 7) is 4.59. The van der Waals surface area contributed by atoms with Crippen LogP contribution in [-0.2, 0) is 26.2 Å². The molecule has 8 nitrogen and oxygen atoms in total. The molecule has 2 aliphatic heterocycles. The van der Waals surface area contributed by atoms with Crippen LogP contribution < -0.4 is 9.62 Å². The fourth-order valence-corrected chi connectivity index (χ4v) is 5.25. The first-order valence-corrected chi connectivity index (χ1v) is 13.0. The number of nitrogens with one attached hydrogen (secondary N) is 1. The molecule has 9 heteroatoms. The molecule has 0 atom stereocenters. The molecular weight excluding hydrogens is 440 g/mol. The zero-order valence-electron chi connectivity index (χ0n) is 18.7. The molecule has 1 N–H and O–H groups in total. The third kappa shape index (κ3) is 6.33. The molecule has 0 unspecified atom stereocenters. The number of hydrogen-bond acceptors (Lipinski definition) is 6. The van der Waals surface area contributed by atoms with Gasteiger partial charge >= 0.3 is 0 Å². The molecule has 2 aromatic carbocycles.